The lowest BCUT2D eigenvalue weighted by Gasteiger charge is -2.04. The lowest BCUT2D eigenvalue weighted by Crippen LogP contribution is -2.22. The van der Waals surface area contributed by atoms with E-state index in [-0.39, 0.29) is 0 Å². The molecule has 0 spiro atoms. The number of aryl methyl sites for hydroxylation is 1. The Balaban J connectivity index is 3.03. The molecule has 1 atom stereocenters. The zero-order valence-electron chi connectivity index (χ0n) is 6.26. The molecular formula is C8H11ClSi. The van der Waals surface area contributed by atoms with Crippen molar-refractivity contribution in [2.75, 3.05) is 0 Å². The van der Waals surface area contributed by atoms with Crippen LogP contribution in [0.15, 0.2) is 24.3 Å². The Morgan fingerprint density at radius 1 is 1.30 bits per heavy atom. The molecule has 0 amide bonds. The van der Waals surface area contributed by atoms with E-state index in [2.05, 4.69) is 25.6 Å². The first-order valence-electron chi connectivity index (χ1n) is 3.41. The number of hydrogen-bond acceptors (Lipinski definition) is 0. The van der Waals surface area contributed by atoms with Crippen LogP contribution >= 0.6 is 11.1 Å². The first-order chi connectivity index (χ1) is 4.72. The summed E-state index contributed by atoms with van der Waals surface area (Å²) in [5, 5.41) is 1.36. The van der Waals surface area contributed by atoms with Crippen molar-refractivity contribution in [2.24, 2.45) is 0 Å². The Labute approximate surface area is 68.1 Å². The van der Waals surface area contributed by atoms with E-state index in [1.807, 2.05) is 12.1 Å². The second-order valence-corrected chi connectivity index (χ2v) is 6.29. The molecule has 2 heteroatoms. The lowest BCUT2D eigenvalue weighted by molar-refractivity contribution is 1.51. The van der Waals surface area contributed by atoms with Crippen LogP contribution in [0.1, 0.15) is 5.56 Å². The lowest BCUT2D eigenvalue weighted by atomic mass is 10.2. The molecule has 1 aromatic carbocycles. The van der Waals surface area contributed by atoms with Crippen molar-refractivity contribution in [1.82, 2.24) is 0 Å². The summed E-state index contributed by atoms with van der Waals surface area (Å²) in [5.74, 6) is 0. The molecule has 0 aliphatic rings. The first kappa shape index (κ1) is 7.83. The third kappa shape index (κ3) is 1.61. The molecule has 0 radical (unpaired) electrons. The van der Waals surface area contributed by atoms with Gasteiger partial charge in [0.15, 0.2) is 8.11 Å². The van der Waals surface area contributed by atoms with Gasteiger partial charge in [-0.2, -0.15) is 11.1 Å². The molecule has 0 nitrogen and oxygen atoms in total. The maximum Gasteiger partial charge on any atom is 0.168 e. The normalized spacial score (nSPS) is 13.1. The molecule has 0 heterocycles. The minimum Gasteiger partial charge on any atom is -0.166 e. The molecule has 0 bridgehead atoms. The van der Waals surface area contributed by atoms with Crippen molar-refractivity contribution in [3.63, 3.8) is 0 Å². The van der Waals surface area contributed by atoms with Crippen LogP contribution < -0.4 is 5.19 Å². The maximum atomic E-state index is 6.05. The van der Waals surface area contributed by atoms with Gasteiger partial charge in [0.1, 0.15) is 0 Å². The van der Waals surface area contributed by atoms with Gasteiger partial charge in [-0.05, 0) is 12.1 Å². The highest BCUT2D eigenvalue weighted by Gasteiger charge is 2.03. The van der Waals surface area contributed by atoms with E-state index in [4.69, 9.17) is 11.1 Å². The first-order valence-corrected chi connectivity index (χ1v) is 6.89. The second-order valence-electron chi connectivity index (χ2n) is 2.47. The average molecular weight is 171 g/mol. The molecule has 0 fully saturated rings. The van der Waals surface area contributed by atoms with E-state index in [1.165, 1.54) is 10.8 Å². The van der Waals surface area contributed by atoms with E-state index in [0.717, 1.165) is 0 Å². The summed E-state index contributed by atoms with van der Waals surface area (Å²) < 4.78 is 0. The van der Waals surface area contributed by atoms with Crippen molar-refractivity contribution in [3.05, 3.63) is 29.8 Å². The minimum absolute atomic E-state index is 1.10. The van der Waals surface area contributed by atoms with Crippen LogP contribution in [0.2, 0.25) is 6.55 Å². The van der Waals surface area contributed by atoms with Crippen molar-refractivity contribution in [3.8, 4) is 0 Å². The van der Waals surface area contributed by atoms with Crippen molar-refractivity contribution in [2.45, 2.75) is 13.5 Å². The van der Waals surface area contributed by atoms with Crippen LogP contribution in [-0.2, 0) is 0 Å². The van der Waals surface area contributed by atoms with Crippen LogP contribution in [0.4, 0.5) is 0 Å². The van der Waals surface area contributed by atoms with Gasteiger partial charge in [-0.15, -0.1) is 0 Å². The summed E-state index contributed by atoms with van der Waals surface area (Å²) in [6, 6.07) is 8.33. The van der Waals surface area contributed by atoms with Gasteiger partial charge in [0.05, 0.1) is 0 Å². The predicted octanol–water partition coefficient (Wildman–Crippen LogP) is 1.79. The van der Waals surface area contributed by atoms with Crippen LogP contribution in [0, 0.1) is 6.92 Å². The van der Waals surface area contributed by atoms with Crippen LogP contribution in [0.25, 0.3) is 0 Å². The van der Waals surface area contributed by atoms with Gasteiger partial charge in [0.2, 0.25) is 0 Å². The molecule has 0 aliphatic carbocycles. The quantitative estimate of drug-likeness (QED) is 0.446. The van der Waals surface area contributed by atoms with Crippen LogP contribution in [0.3, 0.4) is 0 Å². The Morgan fingerprint density at radius 2 is 1.90 bits per heavy atom. The second kappa shape index (κ2) is 3.22. The largest absolute Gasteiger partial charge is 0.168 e. The van der Waals surface area contributed by atoms with Gasteiger partial charge in [-0.3, -0.25) is 0 Å². The van der Waals surface area contributed by atoms with Crippen molar-refractivity contribution >= 4 is 24.4 Å². The van der Waals surface area contributed by atoms with Gasteiger partial charge < -0.3 is 0 Å². The summed E-state index contributed by atoms with van der Waals surface area (Å²) >= 11 is 6.05. The predicted molar refractivity (Wildman–Crippen MR) is 49.7 cm³/mol. The molecule has 1 aromatic rings. The summed E-state index contributed by atoms with van der Waals surface area (Å²) in [6.07, 6.45) is 0. The van der Waals surface area contributed by atoms with Crippen molar-refractivity contribution in [1.29, 1.82) is 0 Å². The van der Waals surface area contributed by atoms with Crippen molar-refractivity contribution < 1.29 is 0 Å². The number of hydrogen-bond donors (Lipinski definition) is 0. The Morgan fingerprint density at radius 3 is 2.30 bits per heavy atom. The van der Waals surface area contributed by atoms with E-state index >= 15 is 0 Å². The molecule has 54 valence electrons. The van der Waals surface area contributed by atoms with Gasteiger partial charge in [-0.25, -0.2) is 0 Å². The molecular weight excluding hydrogens is 160 g/mol. The fourth-order valence-electron chi connectivity index (χ4n) is 1.03. The van der Waals surface area contributed by atoms with Gasteiger partial charge in [-0.1, -0.05) is 36.4 Å². The Hall–Kier alpha value is -0.273. The Kier molecular flexibility index (Phi) is 2.52. The van der Waals surface area contributed by atoms with E-state index in [9.17, 15) is 0 Å². The zero-order chi connectivity index (χ0) is 7.56. The number of halogens is 1. The number of benzene rings is 1. The highest BCUT2D eigenvalue weighted by molar-refractivity contribution is 7.13. The van der Waals surface area contributed by atoms with E-state index in [0.29, 0.717) is 0 Å². The smallest absolute Gasteiger partial charge is 0.166 e. The fraction of sp³-hybridized carbons (Fsp3) is 0.250. The topological polar surface area (TPSA) is 0 Å². The zero-order valence-corrected chi connectivity index (χ0v) is 8.18. The van der Waals surface area contributed by atoms with Gasteiger partial charge >= 0.3 is 0 Å². The monoisotopic (exact) mass is 170 g/mol. The summed E-state index contributed by atoms with van der Waals surface area (Å²) in [4.78, 5) is 0. The fourth-order valence-corrected chi connectivity index (χ4v) is 2.87. The molecule has 0 aliphatic heterocycles. The standard InChI is InChI=1S/C8H11ClSi/c1-7-5-3-4-6-8(7)10(2)9/h3-6,10H,1-2H3. The molecule has 0 saturated carbocycles. The van der Waals surface area contributed by atoms with Gasteiger partial charge in [0, 0.05) is 0 Å². The maximum absolute atomic E-state index is 6.05. The molecule has 0 N–H and O–H groups in total. The third-order valence-electron chi connectivity index (χ3n) is 1.62. The highest BCUT2D eigenvalue weighted by atomic mass is 35.6. The average Bonchev–Trinajstić information content (AvgIpc) is 1.88. The minimum atomic E-state index is -1.10. The van der Waals surface area contributed by atoms with Gasteiger partial charge in [0.25, 0.3) is 0 Å². The Bertz CT molecular complexity index is 220. The molecule has 1 unspecified atom stereocenters. The molecule has 1 rings (SSSR count). The number of rotatable bonds is 1. The third-order valence-corrected chi connectivity index (χ3v) is 3.83. The summed E-state index contributed by atoms with van der Waals surface area (Å²) in [7, 11) is -1.10. The molecule has 0 saturated heterocycles. The highest BCUT2D eigenvalue weighted by Crippen LogP contribution is 1.98. The van der Waals surface area contributed by atoms with E-state index < -0.39 is 8.11 Å². The van der Waals surface area contributed by atoms with Crippen LogP contribution in [-0.4, -0.2) is 8.11 Å². The van der Waals surface area contributed by atoms with Crippen LogP contribution in [0.5, 0.6) is 0 Å². The van der Waals surface area contributed by atoms with E-state index in [1.54, 1.807) is 0 Å². The molecule has 10 heavy (non-hydrogen) atoms. The SMILES string of the molecule is Cc1ccccc1[SiH](C)Cl. The summed E-state index contributed by atoms with van der Waals surface area (Å²) in [6.45, 7) is 4.24. The summed E-state index contributed by atoms with van der Waals surface area (Å²) in [5.41, 5.74) is 1.33. The molecule has 0 aromatic heterocycles.